The van der Waals surface area contributed by atoms with Crippen LogP contribution in [0.15, 0.2) is 17.0 Å². The fourth-order valence-corrected chi connectivity index (χ4v) is 7.07. The number of aryl methyl sites for hydroxylation is 1. The summed E-state index contributed by atoms with van der Waals surface area (Å²) in [6.45, 7) is 8.48. The summed E-state index contributed by atoms with van der Waals surface area (Å²) in [7, 11) is -1.67. The highest BCUT2D eigenvalue weighted by atomic mass is 35.5. The molecule has 4 nitrogen and oxygen atoms in total. The van der Waals surface area contributed by atoms with Crippen molar-refractivity contribution in [2.75, 3.05) is 33.2 Å². The predicted octanol–water partition coefficient (Wildman–Crippen LogP) is 3.14. The maximum atomic E-state index is 13.6. The Morgan fingerprint density at radius 1 is 1.12 bits per heavy atom. The molecule has 0 saturated carbocycles. The maximum absolute atomic E-state index is 13.6. The van der Waals surface area contributed by atoms with E-state index in [1.165, 1.54) is 6.07 Å². The van der Waals surface area contributed by atoms with Gasteiger partial charge in [0.05, 0.1) is 5.02 Å². The van der Waals surface area contributed by atoms with Crippen molar-refractivity contribution in [2.24, 2.45) is 10.8 Å². The van der Waals surface area contributed by atoms with Crippen molar-refractivity contribution in [1.29, 1.82) is 0 Å². The van der Waals surface area contributed by atoms with Crippen molar-refractivity contribution < 1.29 is 12.8 Å². The summed E-state index contributed by atoms with van der Waals surface area (Å²) in [4.78, 5) is 2.28. The van der Waals surface area contributed by atoms with Crippen molar-refractivity contribution in [1.82, 2.24) is 9.21 Å². The largest absolute Gasteiger partial charge is 0.305 e. The molecule has 2 aliphatic rings. The lowest BCUT2D eigenvalue weighted by molar-refractivity contribution is -0.0386. The summed E-state index contributed by atoms with van der Waals surface area (Å²) in [6.07, 6.45) is 1.01. The van der Waals surface area contributed by atoms with Gasteiger partial charge >= 0.3 is 0 Å². The van der Waals surface area contributed by atoms with E-state index in [0.29, 0.717) is 13.1 Å². The summed E-state index contributed by atoms with van der Waals surface area (Å²) in [5.41, 5.74) is 0.107. The smallest absolute Gasteiger partial charge is 0.244 e. The molecule has 1 aromatic carbocycles. The molecule has 0 aromatic heterocycles. The van der Waals surface area contributed by atoms with Gasteiger partial charge in [-0.25, -0.2) is 12.8 Å². The summed E-state index contributed by atoms with van der Waals surface area (Å²) in [6, 6.07) is 2.43. The molecule has 1 aromatic rings. The molecule has 2 unspecified atom stereocenters. The minimum atomic E-state index is -3.75. The van der Waals surface area contributed by atoms with Gasteiger partial charge in [-0.05, 0) is 48.9 Å². The lowest BCUT2D eigenvalue weighted by atomic mass is 9.66. The fourth-order valence-electron chi connectivity index (χ4n) is 4.76. The zero-order chi connectivity index (χ0) is 17.9. The Labute approximate surface area is 148 Å². The quantitative estimate of drug-likeness (QED) is 0.798. The van der Waals surface area contributed by atoms with Gasteiger partial charge < -0.3 is 4.90 Å². The van der Waals surface area contributed by atoms with Crippen LogP contribution in [0.2, 0.25) is 5.02 Å². The number of hydrogen-bond acceptors (Lipinski definition) is 3. The van der Waals surface area contributed by atoms with E-state index in [0.717, 1.165) is 25.6 Å². The van der Waals surface area contributed by atoms with E-state index in [2.05, 4.69) is 25.8 Å². The number of rotatable bonds is 2. The van der Waals surface area contributed by atoms with E-state index in [4.69, 9.17) is 11.6 Å². The van der Waals surface area contributed by atoms with Crippen LogP contribution in [0, 0.1) is 23.6 Å². The second kappa shape index (κ2) is 5.66. The monoisotopic (exact) mass is 374 g/mol. The van der Waals surface area contributed by atoms with Crippen LogP contribution in [-0.4, -0.2) is 50.8 Å². The molecule has 2 heterocycles. The van der Waals surface area contributed by atoms with Crippen LogP contribution >= 0.6 is 11.6 Å². The average molecular weight is 375 g/mol. The van der Waals surface area contributed by atoms with Crippen LogP contribution in [0.5, 0.6) is 0 Å². The molecule has 24 heavy (non-hydrogen) atoms. The van der Waals surface area contributed by atoms with Gasteiger partial charge in [0.15, 0.2) is 0 Å². The lowest BCUT2D eigenvalue weighted by Crippen LogP contribution is -2.62. The van der Waals surface area contributed by atoms with Gasteiger partial charge in [-0.15, -0.1) is 0 Å². The van der Waals surface area contributed by atoms with Gasteiger partial charge in [-0.1, -0.05) is 25.4 Å². The minimum Gasteiger partial charge on any atom is -0.305 e. The number of sulfonamides is 1. The Balaban J connectivity index is 2.01. The molecular weight excluding hydrogens is 351 g/mol. The van der Waals surface area contributed by atoms with Crippen molar-refractivity contribution in [2.45, 2.75) is 32.1 Å². The minimum absolute atomic E-state index is 0.00333. The van der Waals surface area contributed by atoms with E-state index >= 15 is 0 Å². The van der Waals surface area contributed by atoms with Crippen molar-refractivity contribution in [3.8, 4) is 0 Å². The molecule has 3 rings (SSSR count). The van der Waals surface area contributed by atoms with Crippen LogP contribution < -0.4 is 0 Å². The van der Waals surface area contributed by atoms with Crippen molar-refractivity contribution in [3.63, 3.8) is 0 Å². The topological polar surface area (TPSA) is 40.6 Å². The molecule has 0 spiro atoms. The third kappa shape index (κ3) is 3.09. The Kier molecular flexibility index (Phi) is 4.27. The van der Waals surface area contributed by atoms with Gasteiger partial charge in [-0.3, -0.25) is 0 Å². The fraction of sp³-hybridized carbons (Fsp3) is 0.647. The van der Waals surface area contributed by atoms with Gasteiger partial charge in [-0.2, -0.15) is 4.31 Å². The molecule has 2 bridgehead atoms. The first-order valence-electron chi connectivity index (χ1n) is 8.09. The average Bonchev–Trinajstić information content (AvgIpc) is 2.39. The Hall–Kier alpha value is -0.690. The predicted molar refractivity (Wildman–Crippen MR) is 93.2 cm³/mol. The standard InChI is InChI=1S/C17H24ClFN2O2S/c1-12-5-15(13(18)6-14(12)19)24(22,23)21-10-16(2)7-17(3,11-21)9-20(4)8-16/h5-6H,7-11H2,1-4H3. The first kappa shape index (κ1) is 18.1. The number of benzene rings is 1. The van der Waals surface area contributed by atoms with Crippen molar-refractivity contribution >= 4 is 21.6 Å². The Bertz CT molecular complexity index is 765. The third-order valence-electron chi connectivity index (χ3n) is 5.10. The Morgan fingerprint density at radius 3 is 2.21 bits per heavy atom. The third-order valence-corrected chi connectivity index (χ3v) is 7.36. The summed E-state index contributed by atoms with van der Waals surface area (Å²) in [5.74, 6) is -0.491. The molecule has 0 N–H and O–H groups in total. The number of hydrogen-bond donors (Lipinski definition) is 0. The molecule has 0 aliphatic carbocycles. The maximum Gasteiger partial charge on any atom is 0.244 e. The second-order valence-electron chi connectivity index (χ2n) is 8.28. The SMILES string of the molecule is Cc1cc(S(=O)(=O)N2CC3(C)CN(C)CC(C)(C2)C3)c(Cl)cc1F. The van der Waals surface area contributed by atoms with Gasteiger partial charge in [0.2, 0.25) is 10.0 Å². The molecular formula is C17H24ClFN2O2S. The summed E-state index contributed by atoms with van der Waals surface area (Å²) in [5, 5.41) is -0.0544. The van der Waals surface area contributed by atoms with Crippen LogP contribution in [0.3, 0.4) is 0 Å². The van der Waals surface area contributed by atoms with Crippen LogP contribution in [-0.2, 0) is 10.0 Å². The highest BCUT2D eigenvalue weighted by Gasteiger charge is 2.50. The highest BCUT2D eigenvalue weighted by Crippen LogP contribution is 2.46. The van der Waals surface area contributed by atoms with Gasteiger partial charge in [0.25, 0.3) is 0 Å². The van der Waals surface area contributed by atoms with Gasteiger partial charge in [0, 0.05) is 26.2 Å². The van der Waals surface area contributed by atoms with E-state index in [-0.39, 0.29) is 26.3 Å². The Morgan fingerprint density at radius 2 is 1.67 bits per heavy atom. The second-order valence-corrected chi connectivity index (χ2v) is 10.6. The number of piperidine rings is 2. The van der Waals surface area contributed by atoms with E-state index < -0.39 is 15.8 Å². The molecule has 2 aliphatic heterocycles. The van der Waals surface area contributed by atoms with Crippen LogP contribution in [0.1, 0.15) is 25.8 Å². The first-order chi connectivity index (χ1) is 10.9. The van der Waals surface area contributed by atoms with Crippen LogP contribution in [0.25, 0.3) is 0 Å². The van der Waals surface area contributed by atoms with Crippen molar-refractivity contribution in [3.05, 3.63) is 28.5 Å². The number of nitrogens with zero attached hydrogens (tertiary/aromatic N) is 2. The molecule has 2 saturated heterocycles. The summed E-state index contributed by atoms with van der Waals surface area (Å²) >= 11 is 6.06. The molecule has 0 radical (unpaired) electrons. The van der Waals surface area contributed by atoms with E-state index in [1.54, 1.807) is 11.2 Å². The molecule has 2 fully saturated rings. The molecule has 0 amide bonds. The zero-order valence-electron chi connectivity index (χ0n) is 14.6. The van der Waals surface area contributed by atoms with Gasteiger partial charge in [0.1, 0.15) is 10.7 Å². The van der Waals surface area contributed by atoms with Crippen LogP contribution in [0.4, 0.5) is 4.39 Å². The zero-order valence-corrected chi connectivity index (χ0v) is 16.1. The van der Waals surface area contributed by atoms with E-state index in [9.17, 15) is 12.8 Å². The normalized spacial score (nSPS) is 32.1. The number of halogens is 2. The number of likely N-dealkylation sites (tertiary alicyclic amines) is 1. The molecule has 134 valence electrons. The lowest BCUT2D eigenvalue weighted by Gasteiger charge is -2.55. The van der Waals surface area contributed by atoms with E-state index in [1.807, 2.05) is 0 Å². The molecule has 7 heteroatoms. The number of fused-ring (bicyclic) bond motifs is 2. The first-order valence-corrected chi connectivity index (χ1v) is 9.90. The molecule has 2 atom stereocenters. The summed E-state index contributed by atoms with van der Waals surface area (Å²) < 4.78 is 41.5. The highest BCUT2D eigenvalue weighted by molar-refractivity contribution is 7.89.